The van der Waals surface area contributed by atoms with E-state index in [1.807, 2.05) is 12.1 Å². The van der Waals surface area contributed by atoms with Gasteiger partial charge in [-0.3, -0.25) is 4.79 Å². The fourth-order valence-electron chi connectivity index (χ4n) is 1.92. The topological polar surface area (TPSA) is 29.1 Å². The van der Waals surface area contributed by atoms with Crippen LogP contribution < -0.4 is 5.32 Å². The lowest BCUT2D eigenvalue weighted by Crippen LogP contribution is -2.46. The van der Waals surface area contributed by atoms with Gasteiger partial charge < -0.3 is 5.32 Å². The molecule has 0 bridgehead atoms. The summed E-state index contributed by atoms with van der Waals surface area (Å²) in [5.74, 6) is 1.07. The van der Waals surface area contributed by atoms with Crippen LogP contribution in [0.4, 0.5) is 0 Å². The van der Waals surface area contributed by atoms with Crippen molar-refractivity contribution < 1.29 is 4.79 Å². The zero-order chi connectivity index (χ0) is 11.5. The molecule has 1 heterocycles. The number of hydrogen-bond donors (Lipinski definition) is 1. The summed E-state index contributed by atoms with van der Waals surface area (Å²) in [7, 11) is 0. The van der Waals surface area contributed by atoms with Crippen molar-refractivity contribution in [1.82, 2.24) is 5.32 Å². The maximum absolute atomic E-state index is 11.9. The Morgan fingerprint density at radius 1 is 1.38 bits per heavy atom. The van der Waals surface area contributed by atoms with Gasteiger partial charge >= 0.3 is 0 Å². The average Bonchev–Trinajstić information content (AvgIpc) is 2.26. The molecular formula is C14H19NO. The van der Waals surface area contributed by atoms with E-state index < -0.39 is 0 Å². The number of carbonyl (C=O) groups excluding carboxylic acids is 1. The summed E-state index contributed by atoms with van der Waals surface area (Å²) < 4.78 is 0. The van der Waals surface area contributed by atoms with E-state index in [2.05, 4.69) is 31.3 Å². The van der Waals surface area contributed by atoms with Crippen molar-refractivity contribution >= 4 is 5.78 Å². The van der Waals surface area contributed by atoms with E-state index in [9.17, 15) is 4.79 Å². The molecule has 2 heteroatoms. The molecule has 0 radical (unpaired) electrons. The lowest BCUT2D eigenvalue weighted by atomic mass is 9.91. The third-order valence-corrected chi connectivity index (χ3v) is 3.53. The number of rotatable bonds is 4. The first-order chi connectivity index (χ1) is 7.72. The van der Waals surface area contributed by atoms with Crippen molar-refractivity contribution in [3.63, 3.8) is 0 Å². The van der Waals surface area contributed by atoms with Gasteiger partial charge in [-0.05, 0) is 17.9 Å². The summed E-state index contributed by atoms with van der Waals surface area (Å²) in [6.07, 6.45) is 1.14. The van der Waals surface area contributed by atoms with Crippen LogP contribution >= 0.6 is 0 Å². The van der Waals surface area contributed by atoms with Gasteiger partial charge in [0.15, 0.2) is 5.78 Å². The molecule has 0 spiro atoms. The molecule has 2 nitrogen and oxygen atoms in total. The molecule has 0 aromatic heterocycles. The van der Waals surface area contributed by atoms with E-state index in [1.54, 1.807) is 0 Å². The van der Waals surface area contributed by atoms with Crippen molar-refractivity contribution in [2.45, 2.75) is 26.2 Å². The van der Waals surface area contributed by atoms with Crippen LogP contribution in [-0.4, -0.2) is 18.9 Å². The second kappa shape index (κ2) is 4.79. The minimum Gasteiger partial charge on any atom is -0.315 e. The van der Waals surface area contributed by atoms with E-state index in [4.69, 9.17) is 0 Å². The number of ketones is 1. The molecule has 1 aromatic rings. The SMILES string of the molecule is CCC(C)c1ccc(C(=O)C2CNC2)cc1. The first-order valence-electron chi connectivity index (χ1n) is 6.07. The molecule has 1 unspecified atom stereocenters. The van der Waals surface area contributed by atoms with Crippen LogP contribution in [0.1, 0.15) is 42.1 Å². The second-order valence-corrected chi connectivity index (χ2v) is 4.65. The molecule has 1 aliphatic heterocycles. The van der Waals surface area contributed by atoms with Gasteiger partial charge in [-0.25, -0.2) is 0 Å². The fraction of sp³-hybridized carbons (Fsp3) is 0.500. The average molecular weight is 217 g/mol. The Morgan fingerprint density at radius 3 is 2.44 bits per heavy atom. The lowest BCUT2D eigenvalue weighted by molar-refractivity contribution is 0.0878. The summed E-state index contributed by atoms with van der Waals surface area (Å²) in [5, 5.41) is 3.13. The first kappa shape index (κ1) is 11.3. The van der Waals surface area contributed by atoms with Crippen molar-refractivity contribution in [2.24, 2.45) is 5.92 Å². The first-order valence-corrected chi connectivity index (χ1v) is 6.07. The Balaban J connectivity index is 2.09. The molecule has 16 heavy (non-hydrogen) atoms. The van der Waals surface area contributed by atoms with Gasteiger partial charge in [0, 0.05) is 24.6 Å². The van der Waals surface area contributed by atoms with Crippen molar-refractivity contribution in [2.75, 3.05) is 13.1 Å². The van der Waals surface area contributed by atoms with E-state index in [1.165, 1.54) is 5.56 Å². The zero-order valence-electron chi connectivity index (χ0n) is 9.99. The maximum Gasteiger partial charge on any atom is 0.168 e. The molecule has 0 aliphatic carbocycles. The van der Waals surface area contributed by atoms with Crippen molar-refractivity contribution in [3.05, 3.63) is 35.4 Å². The fourth-order valence-corrected chi connectivity index (χ4v) is 1.92. The molecule has 86 valence electrons. The summed E-state index contributed by atoms with van der Waals surface area (Å²) in [6, 6.07) is 8.13. The van der Waals surface area contributed by atoms with Crippen LogP contribution in [0.2, 0.25) is 0 Å². The van der Waals surface area contributed by atoms with Crippen molar-refractivity contribution in [3.8, 4) is 0 Å². The highest BCUT2D eigenvalue weighted by Gasteiger charge is 2.25. The van der Waals surface area contributed by atoms with Gasteiger partial charge in [-0.1, -0.05) is 38.1 Å². The summed E-state index contributed by atoms with van der Waals surface area (Å²) in [5.41, 5.74) is 2.18. The van der Waals surface area contributed by atoms with Crippen LogP contribution in [-0.2, 0) is 0 Å². The predicted octanol–water partition coefficient (Wildman–Crippen LogP) is 2.60. The summed E-state index contributed by atoms with van der Waals surface area (Å²) in [6.45, 7) is 6.08. The molecule has 1 aromatic carbocycles. The molecule has 1 aliphatic rings. The number of Topliss-reactive ketones (excluding diaryl/α,β-unsaturated/α-hetero) is 1. The number of nitrogens with one attached hydrogen (secondary N) is 1. The number of carbonyl (C=O) groups is 1. The van der Waals surface area contributed by atoms with E-state index in [0.29, 0.717) is 5.92 Å². The molecule has 1 saturated heterocycles. The third-order valence-electron chi connectivity index (χ3n) is 3.53. The van der Waals surface area contributed by atoms with Gasteiger partial charge in [0.1, 0.15) is 0 Å². The smallest absolute Gasteiger partial charge is 0.168 e. The van der Waals surface area contributed by atoms with Crippen LogP contribution in [0.3, 0.4) is 0 Å². The number of benzene rings is 1. The van der Waals surface area contributed by atoms with Crippen molar-refractivity contribution in [1.29, 1.82) is 0 Å². The highest BCUT2D eigenvalue weighted by molar-refractivity contribution is 5.98. The molecule has 2 rings (SSSR count). The van der Waals surface area contributed by atoms with E-state index in [0.717, 1.165) is 25.1 Å². The molecule has 0 saturated carbocycles. The van der Waals surface area contributed by atoms with Gasteiger partial charge in [-0.2, -0.15) is 0 Å². The van der Waals surface area contributed by atoms with E-state index in [-0.39, 0.29) is 11.7 Å². The number of hydrogen-bond acceptors (Lipinski definition) is 2. The molecule has 1 fully saturated rings. The normalized spacial score (nSPS) is 17.9. The van der Waals surface area contributed by atoms with Crippen LogP contribution in [0.25, 0.3) is 0 Å². The van der Waals surface area contributed by atoms with Gasteiger partial charge in [0.05, 0.1) is 0 Å². The molecule has 1 N–H and O–H groups in total. The van der Waals surface area contributed by atoms with Crippen LogP contribution in [0.15, 0.2) is 24.3 Å². The summed E-state index contributed by atoms with van der Waals surface area (Å²) in [4.78, 5) is 11.9. The predicted molar refractivity (Wildman–Crippen MR) is 65.8 cm³/mol. The lowest BCUT2D eigenvalue weighted by Gasteiger charge is -2.25. The second-order valence-electron chi connectivity index (χ2n) is 4.65. The van der Waals surface area contributed by atoms with Gasteiger partial charge in [0.25, 0.3) is 0 Å². The zero-order valence-corrected chi connectivity index (χ0v) is 9.99. The standard InChI is InChI=1S/C14H19NO/c1-3-10(2)11-4-6-12(7-5-11)14(16)13-8-15-9-13/h4-7,10,13,15H,3,8-9H2,1-2H3. The Hall–Kier alpha value is -1.15. The minimum absolute atomic E-state index is 0.203. The quantitative estimate of drug-likeness (QED) is 0.785. The largest absolute Gasteiger partial charge is 0.315 e. The van der Waals surface area contributed by atoms with Crippen LogP contribution in [0.5, 0.6) is 0 Å². The highest BCUT2D eigenvalue weighted by atomic mass is 16.1. The van der Waals surface area contributed by atoms with Gasteiger partial charge in [0.2, 0.25) is 0 Å². The monoisotopic (exact) mass is 217 g/mol. The Kier molecular flexibility index (Phi) is 3.39. The van der Waals surface area contributed by atoms with Gasteiger partial charge in [-0.15, -0.1) is 0 Å². The van der Waals surface area contributed by atoms with Crippen LogP contribution in [0, 0.1) is 5.92 Å². The summed E-state index contributed by atoms with van der Waals surface area (Å²) >= 11 is 0. The maximum atomic E-state index is 11.9. The van der Waals surface area contributed by atoms with E-state index >= 15 is 0 Å². The third kappa shape index (κ3) is 2.17. The Bertz CT molecular complexity index is 365. The minimum atomic E-state index is 0.203. The molecular weight excluding hydrogens is 198 g/mol. The molecule has 1 atom stereocenters. The Morgan fingerprint density at radius 2 is 2.00 bits per heavy atom. The molecule has 0 amide bonds. The highest BCUT2D eigenvalue weighted by Crippen LogP contribution is 2.20. The Labute approximate surface area is 97.1 Å².